The molecule has 0 aliphatic heterocycles. The molecular weight excluding hydrogens is 576 g/mol. The van der Waals surface area contributed by atoms with Gasteiger partial charge in [-0.1, -0.05) is 176 Å². The zero-order chi connectivity index (χ0) is 34.4. The SMILES string of the molecule is CCCCCC(O)CCCCCC=CC=CC=CC=CC(=O)O.CCCCCCCCCCCC=CC=CC=CC=C(O)C(=O)O. The minimum Gasteiger partial charge on any atom is -0.502 e. The Balaban J connectivity index is 0. The monoisotopic (exact) mass is 640 g/mol. The molecule has 0 amide bonds. The van der Waals surface area contributed by atoms with Crippen LogP contribution in [0, 0.1) is 0 Å². The first-order valence-electron chi connectivity index (χ1n) is 17.5. The highest BCUT2D eigenvalue weighted by Gasteiger charge is 2.02. The molecule has 0 saturated carbocycles. The van der Waals surface area contributed by atoms with Crippen molar-refractivity contribution in [2.24, 2.45) is 0 Å². The average Bonchev–Trinajstić information content (AvgIpc) is 3.03. The van der Waals surface area contributed by atoms with Gasteiger partial charge in [-0.05, 0) is 44.6 Å². The topological polar surface area (TPSA) is 115 Å². The van der Waals surface area contributed by atoms with Crippen molar-refractivity contribution in [3.63, 3.8) is 0 Å². The van der Waals surface area contributed by atoms with Gasteiger partial charge in [-0.3, -0.25) is 0 Å². The van der Waals surface area contributed by atoms with Crippen molar-refractivity contribution in [3.05, 3.63) is 96.9 Å². The molecule has 260 valence electrons. The van der Waals surface area contributed by atoms with E-state index in [2.05, 4.69) is 26.0 Å². The molecule has 0 heterocycles. The molecule has 4 N–H and O–H groups in total. The Morgan fingerprint density at radius 2 is 0.891 bits per heavy atom. The number of aliphatic hydroxyl groups is 2. The number of rotatable bonds is 28. The van der Waals surface area contributed by atoms with Crippen LogP contribution in [0.3, 0.4) is 0 Å². The molecule has 0 spiro atoms. The van der Waals surface area contributed by atoms with Gasteiger partial charge in [0.25, 0.3) is 0 Å². The summed E-state index contributed by atoms with van der Waals surface area (Å²) < 4.78 is 0. The Bertz CT molecular complexity index is 949. The van der Waals surface area contributed by atoms with Crippen LogP contribution in [0.2, 0.25) is 0 Å². The van der Waals surface area contributed by atoms with Crippen LogP contribution >= 0.6 is 0 Å². The van der Waals surface area contributed by atoms with Gasteiger partial charge >= 0.3 is 11.9 Å². The minimum absolute atomic E-state index is 0.109. The highest BCUT2D eigenvalue weighted by atomic mass is 16.4. The molecule has 0 bridgehead atoms. The van der Waals surface area contributed by atoms with Crippen LogP contribution in [-0.2, 0) is 9.59 Å². The molecule has 0 saturated heterocycles. The van der Waals surface area contributed by atoms with E-state index >= 15 is 0 Å². The standard InChI is InChI=1S/2C20H32O3/c1-2-3-13-16-19(21)17-14-11-9-7-5-4-6-8-10-12-15-18-20(22)23;1-2-3-4-5-6-7-8-9-10-11-12-13-14-15-16-17-18-19(21)20(22)23/h4-6,8,10,12,15,18-19,21H,2-3,7,9,11,13-14,16-17H2,1H3,(H,22,23);12-18,21H,2-11H2,1H3,(H,22,23). The van der Waals surface area contributed by atoms with Gasteiger partial charge in [0.05, 0.1) is 6.10 Å². The summed E-state index contributed by atoms with van der Waals surface area (Å²) in [5, 5.41) is 35.5. The lowest BCUT2D eigenvalue weighted by atomic mass is 10.0. The number of carboxylic acids is 2. The van der Waals surface area contributed by atoms with Crippen LogP contribution < -0.4 is 0 Å². The number of aliphatic hydroxyl groups excluding tert-OH is 2. The number of hydrogen-bond acceptors (Lipinski definition) is 4. The Kier molecular flexibility index (Phi) is 36.8. The van der Waals surface area contributed by atoms with Crippen molar-refractivity contribution in [1.29, 1.82) is 0 Å². The predicted octanol–water partition coefficient (Wildman–Crippen LogP) is 11.3. The zero-order valence-corrected chi connectivity index (χ0v) is 28.8. The number of carbonyl (C=O) groups is 2. The van der Waals surface area contributed by atoms with E-state index in [-0.39, 0.29) is 6.10 Å². The Hall–Kier alpha value is -3.38. The van der Waals surface area contributed by atoms with E-state index in [9.17, 15) is 14.7 Å². The summed E-state index contributed by atoms with van der Waals surface area (Å²) in [4.78, 5) is 20.5. The van der Waals surface area contributed by atoms with Gasteiger partial charge in [0.2, 0.25) is 5.76 Å². The van der Waals surface area contributed by atoms with Crippen LogP contribution in [0.5, 0.6) is 0 Å². The molecule has 0 aromatic rings. The molecular formula is C40H64O6. The lowest BCUT2D eigenvalue weighted by Gasteiger charge is -2.09. The van der Waals surface area contributed by atoms with E-state index in [1.54, 1.807) is 24.3 Å². The molecule has 0 fully saturated rings. The van der Waals surface area contributed by atoms with Crippen molar-refractivity contribution in [2.45, 2.75) is 142 Å². The first-order chi connectivity index (χ1) is 22.3. The van der Waals surface area contributed by atoms with Gasteiger partial charge in [-0.2, -0.15) is 0 Å². The quantitative estimate of drug-likeness (QED) is 0.0293. The number of carboxylic acid groups (broad SMARTS) is 2. The van der Waals surface area contributed by atoms with Gasteiger partial charge < -0.3 is 20.4 Å². The summed E-state index contributed by atoms with van der Waals surface area (Å²) in [6, 6.07) is 0. The molecule has 0 aromatic heterocycles. The molecule has 0 aliphatic rings. The van der Waals surface area contributed by atoms with E-state index in [1.807, 2.05) is 30.4 Å². The maximum absolute atomic E-state index is 10.3. The van der Waals surface area contributed by atoms with E-state index in [4.69, 9.17) is 15.3 Å². The summed E-state index contributed by atoms with van der Waals surface area (Å²) in [5.41, 5.74) is 0. The Morgan fingerprint density at radius 1 is 0.500 bits per heavy atom. The van der Waals surface area contributed by atoms with Crippen molar-refractivity contribution in [1.82, 2.24) is 0 Å². The summed E-state index contributed by atoms with van der Waals surface area (Å²) >= 11 is 0. The van der Waals surface area contributed by atoms with E-state index in [0.29, 0.717) is 0 Å². The first kappa shape index (κ1) is 44.7. The lowest BCUT2D eigenvalue weighted by Crippen LogP contribution is -2.05. The summed E-state index contributed by atoms with van der Waals surface area (Å²) in [5.74, 6) is -2.91. The fourth-order valence-electron chi connectivity index (χ4n) is 4.32. The second-order valence-corrected chi connectivity index (χ2v) is 11.4. The van der Waals surface area contributed by atoms with Gasteiger partial charge in [0.1, 0.15) is 0 Å². The highest BCUT2D eigenvalue weighted by Crippen LogP contribution is 2.12. The maximum atomic E-state index is 10.3. The van der Waals surface area contributed by atoms with Crippen LogP contribution in [0.1, 0.15) is 136 Å². The highest BCUT2D eigenvalue weighted by molar-refractivity contribution is 5.84. The Morgan fingerprint density at radius 3 is 1.39 bits per heavy atom. The maximum Gasteiger partial charge on any atom is 0.370 e. The van der Waals surface area contributed by atoms with E-state index in [1.165, 1.54) is 89.2 Å². The third-order valence-electron chi connectivity index (χ3n) is 7.01. The van der Waals surface area contributed by atoms with Gasteiger partial charge in [-0.15, -0.1) is 0 Å². The first-order valence-corrected chi connectivity index (χ1v) is 17.5. The summed E-state index contributed by atoms with van der Waals surface area (Å²) in [7, 11) is 0. The van der Waals surface area contributed by atoms with Gasteiger partial charge in [0, 0.05) is 6.08 Å². The van der Waals surface area contributed by atoms with Crippen LogP contribution in [0.4, 0.5) is 0 Å². The zero-order valence-electron chi connectivity index (χ0n) is 28.8. The average molecular weight is 641 g/mol. The van der Waals surface area contributed by atoms with Crippen molar-refractivity contribution >= 4 is 11.9 Å². The van der Waals surface area contributed by atoms with Crippen molar-refractivity contribution < 1.29 is 30.0 Å². The lowest BCUT2D eigenvalue weighted by molar-refractivity contribution is -0.135. The normalized spacial score (nSPS) is 13.3. The molecule has 1 atom stereocenters. The number of aliphatic carboxylic acids is 2. The molecule has 46 heavy (non-hydrogen) atoms. The van der Waals surface area contributed by atoms with Crippen LogP contribution in [-0.4, -0.2) is 38.5 Å². The van der Waals surface area contributed by atoms with E-state index in [0.717, 1.165) is 57.1 Å². The second-order valence-electron chi connectivity index (χ2n) is 11.4. The molecule has 0 aromatic carbocycles. The van der Waals surface area contributed by atoms with E-state index < -0.39 is 17.7 Å². The number of allylic oxidation sites excluding steroid dienone is 14. The molecule has 0 radical (unpaired) electrons. The summed E-state index contributed by atoms with van der Waals surface area (Å²) in [6.07, 6.45) is 49.3. The number of hydrogen-bond donors (Lipinski definition) is 4. The molecule has 6 nitrogen and oxygen atoms in total. The largest absolute Gasteiger partial charge is 0.502 e. The van der Waals surface area contributed by atoms with Crippen molar-refractivity contribution in [2.75, 3.05) is 0 Å². The molecule has 1 unspecified atom stereocenters. The second kappa shape index (κ2) is 37.8. The smallest absolute Gasteiger partial charge is 0.370 e. The van der Waals surface area contributed by atoms with Crippen LogP contribution in [0.25, 0.3) is 0 Å². The molecule has 6 heteroatoms. The number of unbranched alkanes of at least 4 members (excludes halogenated alkanes) is 14. The van der Waals surface area contributed by atoms with Gasteiger partial charge in [0.15, 0.2) is 0 Å². The van der Waals surface area contributed by atoms with Crippen molar-refractivity contribution in [3.8, 4) is 0 Å². The predicted molar refractivity (Wildman–Crippen MR) is 195 cm³/mol. The fraction of sp³-hybridized carbons (Fsp3) is 0.550. The minimum atomic E-state index is -1.32. The fourth-order valence-corrected chi connectivity index (χ4v) is 4.32. The molecule has 0 aliphatic carbocycles. The third kappa shape index (κ3) is 40.6. The third-order valence-corrected chi connectivity index (χ3v) is 7.01. The summed E-state index contributed by atoms with van der Waals surface area (Å²) in [6.45, 7) is 4.43. The van der Waals surface area contributed by atoms with Gasteiger partial charge in [-0.25, -0.2) is 9.59 Å². The Labute approximate surface area is 280 Å². The molecule has 0 rings (SSSR count). The van der Waals surface area contributed by atoms with Crippen LogP contribution in [0.15, 0.2) is 96.9 Å².